The van der Waals surface area contributed by atoms with E-state index in [-0.39, 0.29) is 0 Å². The number of nitrogens with zero attached hydrogens (tertiary/aromatic N) is 2. The largest absolute Gasteiger partial charge is 0.543 e. The van der Waals surface area contributed by atoms with Crippen LogP contribution in [0.5, 0.6) is 5.75 Å². The average Bonchev–Trinajstić information content (AvgIpc) is 2.37. The SMILES string of the molecule is C[Si](C)(C)Oc1ccccc1/N=C/c1cccnc1. The Labute approximate surface area is 115 Å². The number of para-hydroxylation sites is 2. The lowest BCUT2D eigenvalue weighted by molar-refractivity contribution is 0.559. The fourth-order valence-corrected chi connectivity index (χ4v) is 2.41. The Balaban J connectivity index is 2.23. The van der Waals surface area contributed by atoms with Crippen LogP contribution in [0.4, 0.5) is 5.69 Å². The Hall–Kier alpha value is -1.94. The molecule has 0 aliphatic carbocycles. The van der Waals surface area contributed by atoms with E-state index in [1.807, 2.05) is 36.4 Å². The van der Waals surface area contributed by atoms with Gasteiger partial charge in [-0.1, -0.05) is 18.2 Å². The maximum absolute atomic E-state index is 6.03. The first-order valence-electron chi connectivity index (χ1n) is 6.27. The van der Waals surface area contributed by atoms with Gasteiger partial charge in [0.2, 0.25) is 8.32 Å². The van der Waals surface area contributed by atoms with Gasteiger partial charge in [0.05, 0.1) is 0 Å². The van der Waals surface area contributed by atoms with Crippen molar-refractivity contribution in [1.29, 1.82) is 0 Å². The minimum Gasteiger partial charge on any atom is -0.543 e. The molecule has 0 unspecified atom stereocenters. The van der Waals surface area contributed by atoms with Crippen molar-refractivity contribution in [3.8, 4) is 5.75 Å². The second-order valence-corrected chi connectivity index (χ2v) is 9.66. The molecular formula is C15H18N2OSi. The van der Waals surface area contributed by atoms with Gasteiger partial charge in [-0.05, 0) is 37.8 Å². The maximum atomic E-state index is 6.03. The Morgan fingerprint density at radius 2 is 1.89 bits per heavy atom. The van der Waals surface area contributed by atoms with Gasteiger partial charge in [-0.25, -0.2) is 0 Å². The standard InChI is InChI=1S/C15H18N2OSi/c1-19(2,3)18-15-9-5-4-8-14(15)17-12-13-7-6-10-16-11-13/h4-12H,1-3H3/b17-12+. The lowest BCUT2D eigenvalue weighted by atomic mass is 10.3. The van der Waals surface area contributed by atoms with Crippen molar-refractivity contribution in [2.45, 2.75) is 19.6 Å². The number of hydrogen-bond acceptors (Lipinski definition) is 3. The monoisotopic (exact) mass is 270 g/mol. The highest BCUT2D eigenvalue weighted by atomic mass is 28.4. The lowest BCUT2D eigenvalue weighted by Gasteiger charge is -2.20. The zero-order valence-electron chi connectivity index (χ0n) is 11.5. The first-order valence-corrected chi connectivity index (χ1v) is 9.67. The Morgan fingerprint density at radius 3 is 2.58 bits per heavy atom. The van der Waals surface area contributed by atoms with Crippen LogP contribution in [0.3, 0.4) is 0 Å². The zero-order chi connectivity index (χ0) is 13.7. The fourth-order valence-electron chi connectivity index (χ4n) is 1.58. The molecule has 0 atom stereocenters. The number of rotatable bonds is 4. The second kappa shape index (κ2) is 5.80. The number of aliphatic imine (C=N–C) groups is 1. The number of benzene rings is 1. The predicted octanol–water partition coefficient (Wildman–Crippen LogP) is 4.05. The van der Waals surface area contributed by atoms with Crippen molar-refractivity contribution >= 4 is 20.2 Å². The average molecular weight is 270 g/mol. The van der Waals surface area contributed by atoms with Gasteiger partial charge >= 0.3 is 0 Å². The Bertz CT molecular complexity index is 562. The fraction of sp³-hybridized carbons (Fsp3) is 0.200. The van der Waals surface area contributed by atoms with E-state index in [1.54, 1.807) is 18.6 Å². The van der Waals surface area contributed by atoms with Crippen molar-refractivity contribution in [2.75, 3.05) is 0 Å². The molecule has 4 heteroatoms. The van der Waals surface area contributed by atoms with Crippen molar-refractivity contribution in [2.24, 2.45) is 4.99 Å². The first kappa shape index (κ1) is 13.5. The first-order chi connectivity index (χ1) is 9.04. The highest BCUT2D eigenvalue weighted by Crippen LogP contribution is 2.29. The molecule has 98 valence electrons. The van der Waals surface area contributed by atoms with E-state index in [9.17, 15) is 0 Å². The van der Waals surface area contributed by atoms with Gasteiger partial charge in [0.1, 0.15) is 11.4 Å². The molecule has 1 aromatic carbocycles. The molecule has 0 saturated carbocycles. The number of pyridine rings is 1. The van der Waals surface area contributed by atoms with E-state index >= 15 is 0 Å². The number of hydrogen-bond donors (Lipinski definition) is 0. The predicted molar refractivity (Wildman–Crippen MR) is 81.9 cm³/mol. The molecule has 19 heavy (non-hydrogen) atoms. The second-order valence-electron chi connectivity index (χ2n) is 5.23. The van der Waals surface area contributed by atoms with Crippen LogP contribution in [-0.4, -0.2) is 19.5 Å². The third-order valence-corrected chi connectivity index (χ3v) is 3.15. The summed E-state index contributed by atoms with van der Waals surface area (Å²) < 4.78 is 6.03. The third-order valence-electron chi connectivity index (χ3n) is 2.32. The van der Waals surface area contributed by atoms with Crippen LogP contribution in [0.25, 0.3) is 0 Å². The molecule has 2 aromatic rings. The molecule has 0 fully saturated rings. The summed E-state index contributed by atoms with van der Waals surface area (Å²) in [7, 11) is -1.62. The van der Waals surface area contributed by atoms with Crippen LogP contribution in [0.15, 0.2) is 53.8 Å². The molecule has 0 saturated heterocycles. The van der Waals surface area contributed by atoms with Gasteiger partial charge < -0.3 is 4.43 Å². The maximum Gasteiger partial charge on any atom is 0.242 e. The van der Waals surface area contributed by atoms with Gasteiger partial charge in [-0.15, -0.1) is 0 Å². The van der Waals surface area contributed by atoms with Crippen LogP contribution in [0.2, 0.25) is 19.6 Å². The van der Waals surface area contributed by atoms with Crippen molar-refractivity contribution in [3.05, 3.63) is 54.4 Å². The van der Waals surface area contributed by atoms with Crippen LogP contribution in [0.1, 0.15) is 5.56 Å². The van der Waals surface area contributed by atoms with Gasteiger partial charge in [0.15, 0.2) is 0 Å². The summed E-state index contributed by atoms with van der Waals surface area (Å²) in [6.45, 7) is 6.48. The van der Waals surface area contributed by atoms with Crippen LogP contribution < -0.4 is 4.43 Å². The molecule has 0 N–H and O–H groups in total. The smallest absolute Gasteiger partial charge is 0.242 e. The normalized spacial score (nSPS) is 11.7. The van der Waals surface area contributed by atoms with Gasteiger partial charge in [-0.3, -0.25) is 9.98 Å². The summed E-state index contributed by atoms with van der Waals surface area (Å²) in [5.41, 5.74) is 1.83. The van der Waals surface area contributed by atoms with Gasteiger partial charge in [0, 0.05) is 24.2 Å². The molecule has 0 amide bonds. The zero-order valence-corrected chi connectivity index (χ0v) is 12.5. The Morgan fingerprint density at radius 1 is 1.11 bits per heavy atom. The van der Waals surface area contributed by atoms with Crippen molar-refractivity contribution in [1.82, 2.24) is 4.98 Å². The number of aromatic nitrogens is 1. The van der Waals surface area contributed by atoms with E-state index in [0.717, 1.165) is 17.0 Å². The van der Waals surface area contributed by atoms with E-state index in [4.69, 9.17) is 4.43 Å². The highest BCUT2D eigenvalue weighted by molar-refractivity contribution is 6.70. The van der Waals surface area contributed by atoms with E-state index in [2.05, 4.69) is 29.6 Å². The summed E-state index contributed by atoms with van der Waals surface area (Å²) in [5, 5.41) is 0. The molecule has 0 radical (unpaired) electrons. The molecule has 2 rings (SSSR count). The minimum atomic E-state index is -1.62. The van der Waals surface area contributed by atoms with E-state index < -0.39 is 8.32 Å². The molecule has 0 aliphatic rings. The van der Waals surface area contributed by atoms with Crippen molar-refractivity contribution < 1.29 is 4.43 Å². The molecule has 0 bridgehead atoms. The third kappa shape index (κ3) is 4.33. The quantitative estimate of drug-likeness (QED) is 0.620. The summed E-state index contributed by atoms with van der Waals surface area (Å²) >= 11 is 0. The molecule has 3 nitrogen and oxygen atoms in total. The topological polar surface area (TPSA) is 34.5 Å². The molecule has 0 aliphatic heterocycles. The van der Waals surface area contributed by atoms with Crippen LogP contribution >= 0.6 is 0 Å². The summed E-state index contributed by atoms with van der Waals surface area (Å²) in [5.74, 6) is 0.849. The minimum absolute atomic E-state index is 0.849. The molecule has 0 spiro atoms. The van der Waals surface area contributed by atoms with E-state index in [0.29, 0.717) is 0 Å². The summed E-state index contributed by atoms with van der Waals surface area (Å²) in [6.07, 6.45) is 5.34. The van der Waals surface area contributed by atoms with Gasteiger partial charge in [-0.2, -0.15) is 0 Å². The van der Waals surface area contributed by atoms with E-state index in [1.165, 1.54) is 0 Å². The van der Waals surface area contributed by atoms with Crippen LogP contribution in [0, 0.1) is 0 Å². The Kier molecular flexibility index (Phi) is 4.12. The summed E-state index contributed by atoms with van der Waals surface area (Å²) in [6, 6.07) is 11.7. The molecule has 1 aromatic heterocycles. The lowest BCUT2D eigenvalue weighted by Crippen LogP contribution is -2.29. The summed E-state index contributed by atoms with van der Waals surface area (Å²) in [4.78, 5) is 8.56. The highest BCUT2D eigenvalue weighted by Gasteiger charge is 2.17. The molecule has 1 heterocycles. The van der Waals surface area contributed by atoms with Crippen molar-refractivity contribution in [3.63, 3.8) is 0 Å². The van der Waals surface area contributed by atoms with Crippen LogP contribution in [-0.2, 0) is 0 Å². The molecular weight excluding hydrogens is 252 g/mol. The van der Waals surface area contributed by atoms with Gasteiger partial charge in [0.25, 0.3) is 0 Å².